The second-order valence-electron chi connectivity index (χ2n) is 4.13. The summed E-state index contributed by atoms with van der Waals surface area (Å²) in [5, 5.41) is 11.4. The van der Waals surface area contributed by atoms with Crippen LogP contribution in [-0.4, -0.2) is 53.7 Å². The first-order valence-electron chi connectivity index (χ1n) is 5.90. The summed E-state index contributed by atoms with van der Waals surface area (Å²) in [5.41, 5.74) is 0. The van der Waals surface area contributed by atoms with E-state index in [4.69, 9.17) is 5.11 Å². The summed E-state index contributed by atoms with van der Waals surface area (Å²) in [4.78, 5) is 35.1. The molecule has 1 saturated heterocycles. The number of urea groups is 1. The Morgan fingerprint density at radius 2 is 2.11 bits per heavy atom. The lowest BCUT2D eigenvalue weighted by Crippen LogP contribution is -2.45. The van der Waals surface area contributed by atoms with Gasteiger partial charge in [-0.25, -0.2) is 4.79 Å². The highest BCUT2D eigenvalue weighted by molar-refractivity contribution is 5.82. The van der Waals surface area contributed by atoms with Gasteiger partial charge in [-0.05, 0) is 20.3 Å². The van der Waals surface area contributed by atoms with Crippen LogP contribution in [0, 0.1) is 5.92 Å². The monoisotopic (exact) mass is 258 g/mol. The topological polar surface area (TPSA) is 95.9 Å². The number of esters is 1. The molecule has 18 heavy (non-hydrogen) atoms. The molecule has 102 valence electrons. The average Bonchev–Trinajstić information content (AvgIpc) is 2.68. The molecule has 1 heterocycles. The number of ether oxygens (including phenoxy) is 1. The number of carbonyl (C=O) groups excluding carboxylic acids is 2. The second-order valence-corrected chi connectivity index (χ2v) is 4.13. The standard InChI is InChI=1S/C11H18N2O5/c1-3-18-9(14)6-12-11(17)13-5-4-8(7(13)2)10(15)16/h7-8H,3-6H2,1-2H3,(H,12,17)(H,15,16). The van der Waals surface area contributed by atoms with E-state index in [2.05, 4.69) is 10.1 Å². The van der Waals surface area contributed by atoms with Gasteiger partial charge in [0.1, 0.15) is 6.54 Å². The molecule has 2 amide bonds. The quantitative estimate of drug-likeness (QED) is 0.695. The third kappa shape index (κ3) is 3.35. The first-order chi connectivity index (χ1) is 8.47. The first kappa shape index (κ1) is 14.3. The number of rotatable bonds is 4. The summed E-state index contributed by atoms with van der Waals surface area (Å²) in [5.74, 6) is -1.95. The van der Waals surface area contributed by atoms with Gasteiger partial charge in [-0.1, -0.05) is 0 Å². The van der Waals surface area contributed by atoms with Crippen LogP contribution in [0.15, 0.2) is 0 Å². The molecule has 2 unspecified atom stereocenters. The molecule has 0 spiro atoms. The Morgan fingerprint density at radius 1 is 1.44 bits per heavy atom. The highest BCUT2D eigenvalue weighted by Gasteiger charge is 2.38. The molecule has 0 aromatic heterocycles. The number of nitrogens with one attached hydrogen (secondary N) is 1. The van der Waals surface area contributed by atoms with Crippen molar-refractivity contribution in [1.29, 1.82) is 0 Å². The highest BCUT2D eigenvalue weighted by Crippen LogP contribution is 2.23. The average molecular weight is 258 g/mol. The molecular weight excluding hydrogens is 240 g/mol. The van der Waals surface area contributed by atoms with Crippen molar-refractivity contribution < 1.29 is 24.2 Å². The number of hydrogen-bond donors (Lipinski definition) is 2. The van der Waals surface area contributed by atoms with Crippen molar-refractivity contribution in [2.75, 3.05) is 19.7 Å². The van der Waals surface area contributed by atoms with Crippen molar-refractivity contribution in [3.8, 4) is 0 Å². The molecule has 1 aliphatic heterocycles. The second kappa shape index (κ2) is 6.23. The Labute approximate surface area is 105 Å². The van der Waals surface area contributed by atoms with Gasteiger partial charge in [-0.2, -0.15) is 0 Å². The van der Waals surface area contributed by atoms with Crippen molar-refractivity contribution in [3.63, 3.8) is 0 Å². The van der Waals surface area contributed by atoms with E-state index in [1.165, 1.54) is 4.90 Å². The van der Waals surface area contributed by atoms with Crippen LogP contribution in [0.2, 0.25) is 0 Å². The summed E-state index contributed by atoms with van der Waals surface area (Å²) >= 11 is 0. The zero-order valence-electron chi connectivity index (χ0n) is 10.5. The van der Waals surface area contributed by atoms with E-state index in [1.807, 2.05) is 0 Å². The van der Waals surface area contributed by atoms with Crippen LogP contribution in [0.5, 0.6) is 0 Å². The van der Waals surface area contributed by atoms with Crippen LogP contribution >= 0.6 is 0 Å². The Morgan fingerprint density at radius 3 is 2.61 bits per heavy atom. The van der Waals surface area contributed by atoms with Crippen LogP contribution in [0.25, 0.3) is 0 Å². The summed E-state index contributed by atoms with van der Waals surface area (Å²) in [6.45, 7) is 3.81. The Hall–Kier alpha value is -1.79. The van der Waals surface area contributed by atoms with Crippen molar-refractivity contribution in [2.24, 2.45) is 5.92 Å². The SMILES string of the molecule is CCOC(=O)CNC(=O)N1CCC(C(=O)O)C1C. The molecule has 1 aliphatic rings. The molecule has 0 aliphatic carbocycles. The van der Waals surface area contributed by atoms with E-state index in [0.29, 0.717) is 13.0 Å². The molecule has 1 rings (SSSR count). The fraction of sp³-hybridized carbons (Fsp3) is 0.727. The smallest absolute Gasteiger partial charge is 0.325 e. The third-order valence-corrected chi connectivity index (χ3v) is 3.02. The van der Waals surface area contributed by atoms with Crippen molar-refractivity contribution in [2.45, 2.75) is 26.3 Å². The number of carboxylic acids is 1. The molecular formula is C11H18N2O5. The van der Waals surface area contributed by atoms with Crippen LogP contribution < -0.4 is 5.32 Å². The first-order valence-corrected chi connectivity index (χ1v) is 5.90. The van der Waals surface area contributed by atoms with E-state index in [0.717, 1.165) is 0 Å². The zero-order valence-corrected chi connectivity index (χ0v) is 10.5. The number of aliphatic carboxylic acids is 1. The Kier molecular flexibility index (Phi) is 4.94. The minimum Gasteiger partial charge on any atom is -0.481 e. The summed E-state index contributed by atoms with van der Waals surface area (Å²) in [6, 6.07) is -0.802. The Balaban J connectivity index is 2.44. The minimum absolute atomic E-state index is 0.201. The van der Waals surface area contributed by atoms with Crippen molar-refractivity contribution >= 4 is 18.0 Å². The maximum absolute atomic E-state index is 11.7. The lowest BCUT2D eigenvalue weighted by molar-refractivity contribution is -0.143. The summed E-state index contributed by atoms with van der Waals surface area (Å²) < 4.78 is 4.67. The van der Waals surface area contributed by atoms with Crippen LogP contribution in [0.4, 0.5) is 4.79 Å². The van der Waals surface area contributed by atoms with Gasteiger partial charge < -0.3 is 20.1 Å². The van der Waals surface area contributed by atoms with Gasteiger partial charge in [0.25, 0.3) is 0 Å². The van der Waals surface area contributed by atoms with E-state index in [-0.39, 0.29) is 19.2 Å². The van der Waals surface area contributed by atoms with Gasteiger partial charge in [-0.15, -0.1) is 0 Å². The number of hydrogen-bond acceptors (Lipinski definition) is 4. The number of likely N-dealkylation sites (tertiary alicyclic amines) is 1. The van der Waals surface area contributed by atoms with Crippen molar-refractivity contribution in [1.82, 2.24) is 10.2 Å². The Bertz CT molecular complexity index is 344. The summed E-state index contributed by atoms with van der Waals surface area (Å²) in [7, 11) is 0. The van der Waals surface area contributed by atoms with Crippen LogP contribution in [0.1, 0.15) is 20.3 Å². The van der Waals surface area contributed by atoms with Gasteiger partial charge in [0.2, 0.25) is 0 Å². The molecule has 0 bridgehead atoms. The van der Waals surface area contributed by atoms with E-state index >= 15 is 0 Å². The molecule has 0 radical (unpaired) electrons. The van der Waals surface area contributed by atoms with Crippen LogP contribution in [0.3, 0.4) is 0 Å². The zero-order chi connectivity index (χ0) is 13.7. The molecule has 0 aromatic rings. The number of carbonyl (C=O) groups is 3. The van der Waals surface area contributed by atoms with Gasteiger partial charge >= 0.3 is 18.0 Å². The molecule has 0 saturated carbocycles. The lowest BCUT2D eigenvalue weighted by atomic mass is 10.0. The lowest BCUT2D eigenvalue weighted by Gasteiger charge is -2.23. The summed E-state index contributed by atoms with van der Waals surface area (Å²) in [6.07, 6.45) is 0.434. The highest BCUT2D eigenvalue weighted by atomic mass is 16.5. The number of nitrogens with zero attached hydrogens (tertiary/aromatic N) is 1. The molecule has 2 atom stereocenters. The predicted molar refractivity (Wildman–Crippen MR) is 61.9 cm³/mol. The van der Waals surface area contributed by atoms with Gasteiger partial charge in [0, 0.05) is 12.6 Å². The fourth-order valence-electron chi connectivity index (χ4n) is 2.02. The van der Waals surface area contributed by atoms with E-state index < -0.39 is 23.9 Å². The maximum atomic E-state index is 11.7. The largest absolute Gasteiger partial charge is 0.481 e. The van der Waals surface area contributed by atoms with E-state index in [1.54, 1.807) is 13.8 Å². The maximum Gasteiger partial charge on any atom is 0.325 e. The van der Waals surface area contributed by atoms with Crippen LogP contribution in [-0.2, 0) is 14.3 Å². The van der Waals surface area contributed by atoms with Crippen molar-refractivity contribution in [3.05, 3.63) is 0 Å². The van der Waals surface area contributed by atoms with Gasteiger partial charge in [0.15, 0.2) is 0 Å². The van der Waals surface area contributed by atoms with Gasteiger partial charge in [0.05, 0.1) is 12.5 Å². The minimum atomic E-state index is -0.900. The molecule has 7 nitrogen and oxygen atoms in total. The van der Waals surface area contributed by atoms with Gasteiger partial charge in [-0.3, -0.25) is 9.59 Å². The fourth-order valence-corrected chi connectivity index (χ4v) is 2.02. The number of carboxylic acid groups (broad SMARTS) is 1. The third-order valence-electron chi connectivity index (χ3n) is 3.02. The van der Waals surface area contributed by atoms with E-state index in [9.17, 15) is 14.4 Å². The molecule has 7 heteroatoms. The molecule has 0 aromatic carbocycles. The molecule has 1 fully saturated rings. The molecule has 2 N–H and O–H groups in total. The number of amides is 2. The predicted octanol–water partition coefficient (Wildman–Crippen LogP) is 0.0541. The normalized spacial score (nSPS) is 22.7.